The lowest BCUT2D eigenvalue weighted by atomic mass is 10.0. The predicted molar refractivity (Wildman–Crippen MR) is 121 cm³/mol. The molecule has 1 rings (SSSR count). The summed E-state index contributed by atoms with van der Waals surface area (Å²) in [5, 5.41) is 7.04. The standard InChI is InChI=1S/C19H41N5.HI/c1-6-8-12-23(5)15-11-21-19(20-7-2)22-18-9-13-24(14-10-18)16-17(3)4;/h17-18H,6-16H2,1-5H3,(H2,20,21,22);1H. The fourth-order valence-corrected chi connectivity index (χ4v) is 3.16. The van der Waals surface area contributed by atoms with Crippen molar-refractivity contribution < 1.29 is 0 Å². The molecular weight excluding hydrogens is 425 g/mol. The quantitative estimate of drug-likeness (QED) is 0.295. The first kappa shape index (κ1) is 24.9. The molecule has 0 atom stereocenters. The first-order valence-electron chi connectivity index (χ1n) is 10.0. The molecule has 5 nitrogen and oxygen atoms in total. The maximum atomic E-state index is 4.76. The zero-order valence-electron chi connectivity index (χ0n) is 17.2. The number of aliphatic imine (C=N–C) groups is 1. The highest BCUT2D eigenvalue weighted by Crippen LogP contribution is 2.12. The summed E-state index contributed by atoms with van der Waals surface area (Å²) < 4.78 is 0. The van der Waals surface area contributed by atoms with E-state index in [1.54, 1.807) is 0 Å². The van der Waals surface area contributed by atoms with E-state index in [4.69, 9.17) is 4.99 Å². The topological polar surface area (TPSA) is 42.9 Å². The van der Waals surface area contributed by atoms with E-state index >= 15 is 0 Å². The van der Waals surface area contributed by atoms with Crippen molar-refractivity contribution in [2.45, 2.75) is 59.4 Å². The van der Waals surface area contributed by atoms with Crippen molar-refractivity contribution in [1.82, 2.24) is 20.4 Å². The Bertz CT molecular complexity index is 341. The van der Waals surface area contributed by atoms with Crippen LogP contribution in [0, 0.1) is 5.92 Å². The van der Waals surface area contributed by atoms with Gasteiger partial charge in [-0.05, 0) is 45.7 Å². The van der Waals surface area contributed by atoms with Crippen LogP contribution >= 0.6 is 24.0 Å². The minimum Gasteiger partial charge on any atom is -0.357 e. The molecule has 0 spiro atoms. The number of hydrogen-bond acceptors (Lipinski definition) is 3. The van der Waals surface area contributed by atoms with E-state index in [9.17, 15) is 0 Å². The van der Waals surface area contributed by atoms with Gasteiger partial charge in [0.2, 0.25) is 0 Å². The molecule has 25 heavy (non-hydrogen) atoms. The molecule has 1 heterocycles. The summed E-state index contributed by atoms with van der Waals surface area (Å²) in [6, 6.07) is 0.559. The van der Waals surface area contributed by atoms with Crippen molar-refractivity contribution in [3.8, 4) is 0 Å². The first-order chi connectivity index (χ1) is 11.5. The van der Waals surface area contributed by atoms with E-state index < -0.39 is 0 Å². The van der Waals surface area contributed by atoms with Gasteiger partial charge in [-0.2, -0.15) is 0 Å². The summed E-state index contributed by atoms with van der Waals surface area (Å²) >= 11 is 0. The predicted octanol–water partition coefficient (Wildman–Crippen LogP) is 3.01. The monoisotopic (exact) mass is 467 g/mol. The van der Waals surface area contributed by atoms with Gasteiger partial charge in [0.1, 0.15) is 0 Å². The Balaban J connectivity index is 0.00000576. The van der Waals surface area contributed by atoms with Crippen LogP contribution in [0.25, 0.3) is 0 Å². The Hall–Kier alpha value is -0.0800. The van der Waals surface area contributed by atoms with Crippen molar-refractivity contribution in [2.24, 2.45) is 10.9 Å². The van der Waals surface area contributed by atoms with E-state index in [2.05, 4.69) is 55.2 Å². The molecule has 1 aliphatic heterocycles. The first-order valence-corrected chi connectivity index (χ1v) is 10.0. The van der Waals surface area contributed by atoms with Gasteiger partial charge in [0.25, 0.3) is 0 Å². The van der Waals surface area contributed by atoms with E-state index in [0.717, 1.165) is 31.5 Å². The Morgan fingerprint density at radius 1 is 1.20 bits per heavy atom. The summed E-state index contributed by atoms with van der Waals surface area (Å²) in [5.41, 5.74) is 0. The molecule has 0 saturated carbocycles. The zero-order valence-corrected chi connectivity index (χ0v) is 19.5. The highest BCUT2D eigenvalue weighted by Gasteiger charge is 2.20. The Labute approximate surface area is 173 Å². The molecule has 0 aromatic heterocycles. The average Bonchev–Trinajstić information content (AvgIpc) is 2.54. The summed E-state index contributed by atoms with van der Waals surface area (Å²) in [7, 11) is 2.19. The van der Waals surface area contributed by atoms with Gasteiger partial charge >= 0.3 is 0 Å². The normalized spacial score (nSPS) is 17.0. The molecule has 1 fully saturated rings. The second-order valence-electron chi connectivity index (χ2n) is 7.53. The Morgan fingerprint density at radius 3 is 2.44 bits per heavy atom. The summed E-state index contributed by atoms with van der Waals surface area (Å²) in [5.74, 6) is 1.75. The molecule has 2 N–H and O–H groups in total. The largest absolute Gasteiger partial charge is 0.357 e. The van der Waals surface area contributed by atoms with Gasteiger partial charge in [-0.1, -0.05) is 27.2 Å². The number of unbranched alkanes of at least 4 members (excludes halogenated alkanes) is 1. The zero-order chi connectivity index (χ0) is 17.8. The van der Waals surface area contributed by atoms with Crippen molar-refractivity contribution >= 4 is 29.9 Å². The van der Waals surface area contributed by atoms with Crippen LogP contribution in [0.3, 0.4) is 0 Å². The molecular formula is C19H42IN5. The second kappa shape index (κ2) is 15.0. The van der Waals surface area contributed by atoms with Crippen LogP contribution in [0.5, 0.6) is 0 Å². The maximum absolute atomic E-state index is 4.76. The molecule has 1 saturated heterocycles. The molecule has 0 bridgehead atoms. The maximum Gasteiger partial charge on any atom is 0.191 e. The molecule has 0 aromatic carbocycles. The van der Waals surface area contributed by atoms with E-state index in [1.165, 1.54) is 51.9 Å². The number of likely N-dealkylation sites (tertiary alicyclic amines) is 1. The van der Waals surface area contributed by atoms with Crippen LogP contribution in [0.1, 0.15) is 53.4 Å². The number of rotatable bonds is 10. The molecule has 150 valence electrons. The van der Waals surface area contributed by atoms with Crippen molar-refractivity contribution in [3.63, 3.8) is 0 Å². The Kier molecular flexibility index (Phi) is 15.0. The SMILES string of the molecule is CCCCN(C)CCN=C(NCC)NC1CCN(CC(C)C)CC1.I. The van der Waals surface area contributed by atoms with Gasteiger partial charge in [-0.15, -0.1) is 24.0 Å². The lowest BCUT2D eigenvalue weighted by Gasteiger charge is -2.34. The lowest BCUT2D eigenvalue weighted by Crippen LogP contribution is -2.49. The van der Waals surface area contributed by atoms with Crippen LogP contribution in [0.4, 0.5) is 0 Å². The van der Waals surface area contributed by atoms with E-state index in [0.29, 0.717) is 6.04 Å². The lowest BCUT2D eigenvalue weighted by molar-refractivity contribution is 0.187. The van der Waals surface area contributed by atoms with Crippen molar-refractivity contribution in [3.05, 3.63) is 0 Å². The molecule has 0 aliphatic carbocycles. The minimum atomic E-state index is 0. The number of guanidine groups is 1. The third-order valence-corrected chi connectivity index (χ3v) is 4.54. The van der Waals surface area contributed by atoms with Crippen LogP contribution < -0.4 is 10.6 Å². The smallest absolute Gasteiger partial charge is 0.191 e. The fourth-order valence-electron chi connectivity index (χ4n) is 3.16. The third kappa shape index (κ3) is 12.0. The van der Waals surface area contributed by atoms with Crippen molar-refractivity contribution in [2.75, 3.05) is 52.9 Å². The highest BCUT2D eigenvalue weighted by molar-refractivity contribution is 14.0. The number of hydrogen-bond donors (Lipinski definition) is 2. The summed E-state index contributed by atoms with van der Waals surface area (Å²) in [4.78, 5) is 9.73. The summed E-state index contributed by atoms with van der Waals surface area (Å²) in [6.45, 7) is 16.6. The van der Waals surface area contributed by atoms with Gasteiger partial charge < -0.3 is 20.4 Å². The molecule has 0 unspecified atom stereocenters. The fraction of sp³-hybridized carbons (Fsp3) is 0.947. The van der Waals surface area contributed by atoms with Gasteiger partial charge in [0.15, 0.2) is 5.96 Å². The minimum absolute atomic E-state index is 0. The number of likely N-dealkylation sites (N-methyl/N-ethyl adjacent to an activating group) is 1. The second-order valence-corrected chi connectivity index (χ2v) is 7.53. The molecule has 0 radical (unpaired) electrons. The van der Waals surface area contributed by atoms with E-state index in [1.807, 2.05) is 0 Å². The average molecular weight is 467 g/mol. The molecule has 6 heteroatoms. The van der Waals surface area contributed by atoms with Crippen LogP contribution in [0.15, 0.2) is 4.99 Å². The number of nitrogens with one attached hydrogen (secondary N) is 2. The molecule has 1 aliphatic rings. The molecule has 0 amide bonds. The third-order valence-electron chi connectivity index (χ3n) is 4.54. The van der Waals surface area contributed by atoms with Crippen LogP contribution in [-0.2, 0) is 0 Å². The molecule has 0 aromatic rings. The van der Waals surface area contributed by atoms with Crippen LogP contribution in [0.2, 0.25) is 0 Å². The number of nitrogens with zero attached hydrogens (tertiary/aromatic N) is 3. The van der Waals surface area contributed by atoms with E-state index in [-0.39, 0.29) is 24.0 Å². The van der Waals surface area contributed by atoms with Gasteiger partial charge in [-0.3, -0.25) is 4.99 Å². The van der Waals surface area contributed by atoms with Gasteiger partial charge in [-0.25, -0.2) is 0 Å². The highest BCUT2D eigenvalue weighted by atomic mass is 127. The van der Waals surface area contributed by atoms with Crippen LogP contribution in [-0.4, -0.2) is 74.7 Å². The van der Waals surface area contributed by atoms with Gasteiger partial charge in [0.05, 0.1) is 6.54 Å². The number of halogens is 1. The van der Waals surface area contributed by atoms with Crippen molar-refractivity contribution in [1.29, 1.82) is 0 Å². The Morgan fingerprint density at radius 2 is 1.88 bits per heavy atom. The summed E-state index contributed by atoms with van der Waals surface area (Å²) in [6.07, 6.45) is 4.96. The number of piperidine rings is 1. The van der Waals surface area contributed by atoms with Gasteiger partial charge in [0, 0.05) is 38.8 Å².